The van der Waals surface area contributed by atoms with Crippen LogP contribution in [-0.2, 0) is 23.9 Å². The van der Waals surface area contributed by atoms with E-state index in [1.165, 1.54) is 13.2 Å². The normalized spacial score (nSPS) is 21.8. The molecule has 1 aromatic rings. The Morgan fingerprint density at radius 1 is 1.05 bits per heavy atom. The number of nitrogens with zero attached hydrogens (tertiary/aromatic N) is 1. The van der Waals surface area contributed by atoms with Crippen molar-refractivity contribution in [2.45, 2.75) is 96.4 Å². The molecule has 11 heteroatoms. The second kappa shape index (κ2) is 13.3. The van der Waals surface area contributed by atoms with Gasteiger partial charge in [0.15, 0.2) is 11.5 Å². The molecule has 1 aromatic heterocycles. The minimum Gasteiger partial charge on any atom is -0.382 e. The Morgan fingerprint density at radius 2 is 1.68 bits per heavy atom. The van der Waals surface area contributed by atoms with Gasteiger partial charge in [0.05, 0.1) is 19.3 Å². The molecule has 0 aromatic carbocycles. The van der Waals surface area contributed by atoms with Gasteiger partial charge < -0.3 is 29.9 Å². The first-order valence-electron chi connectivity index (χ1n) is 13.5. The van der Waals surface area contributed by atoms with Gasteiger partial charge in [-0.2, -0.15) is 0 Å². The molecule has 0 spiro atoms. The molecule has 3 N–H and O–H groups in total. The number of carbonyl (C=O) groups is 4. The standard InChI is InChI=1S/C27H42N4O7/c1-16(2)11-19(23(32)27(4)15-37-27)28-24(33)20(13-18-9-7-6-8-10-18)29-26(35)22(14-36-5)30-25(34)21-12-17(3)38-31-21/h12,16,18-20,22H,6-11,13-15H2,1-5H3,(H,28,33)(H,29,35)(H,30,34)/t19?,20-,22?,27?/m0/s1. The first-order chi connectivity index (χ1) is 18.0. The summed E-state index contributed by atoms with van der Waals surface area (Å²) in [5.74, 6) is -0.816. The number of rotatable bonds is 14. The average molecular weight is 535 g/mol. The monoisotopic (exact) mass is 534 g/mol. The number of Topliss-reactive ketones (excluding diaryl/α,β-unsaturated/α-hetero) is 1. The van der Waals surface area contributed by atoms with E-state index in [9.17, 15) is 19.2 Å². The third-order valence-corrected chi connectivity index (χ3v) is 7.18. The van der Waals surface area contributed by atoms with Crippen molar-refractivity contribution in [3.8, 4) is 0 Å². The second-order valence-electron chi connectivity index (χ2n) is 11.2. The molecule has 2 heterocycles. The SMILES string of the molecule is COCC(NC(=O)c1cc(C)on1)C(=O)N[C@@H](CC1CCCCC1)C(=O)NC(CC(C)C)C(=O)C1(C)CO1. The Labute approximate surface area is 224 Å². The summed E-state index contributed by atoms with van der Waals surface area (Å²) in [6, 6.07) is -1.18. The molecule has 38 heavy (non-hydrogen) atoms. The molecule has 3 unspecified atom stereocenters. The Bertz CT molecular complexity index is 982. The van der Waals surface area contributed by atoms with Crippen molar-refractivity contribution >= 4 is 23.5 Å². The lowest BCUT2D eigenvalue weighted by Crippen LogP contribution is -2.58. The van der Waals surface area contributed by atoms with Gasteiger partial charge in [0.2, 0.25) is 11.8 Å². The first-order valence-corrected chi connectivity index (χ1v) is 13.5. The van der Waals surface area contributed by atoms with Gasteiger partial charge in [0.25, 0.3) is 5.91 Å². The summed E-state index contributed by atoms with van der Waals surface area (Å²) in [7, 11) is 1.42. The zero-order chi connectivity index (χ0) is 27.9. The molecule has 3 amide bonds. The molecule has 0 bridgehead atoms. The third-order valence-electron chi connectivity index (χ3n) is 7.18. The predicted molar refractivity (Wildman–Crippen MR) is 138 cm³/mol. The molecule has 2 fully saturated rings. The molecule has 1 aliphatic carbocycles. The van der Waals surface area contributed by atoms with Crippen molar-refractivity contribution in [2.24, 2.45) is 11.8 Å². The number of ketones is 1. The van der Waals surface area contributed by atoms with Crippen LogP contribution in [0.1, 0.15) is 82.0 Å². The summed E-state index contributed by atoms with van der Waals surface area (Å²) >= 11 is 0. The molecule has 212 valence electrons. The van der Waals surface area contributed by atoms with Crippen LogP contribution >= 0.6 is 0 Å². The number of nitrogens with one attached hydrogen (secondary N) is 3. The molecule has 11 nitrogen and oxygen atoms in total. The fraction of sp³-hybridized carbons (Fsp3) is 0.741. The summed E-state index contributed by atoms with van der Waals surface area (Å²) in [5, 5.41) is 12.0. The zero-order valence-corrected chi connectivity index (χ0v) is 23.1. The number of epoxide rings is 1. The van der Waals surface area contributed by atoms with Crippen LogP contribution in [-0.4, -0.2) is 72.7 Å². The van der Waals surface area contributed by atoms with Gasteiger partial charge in [0.1, 0.15) is 23.4 Å². The molecule has 0 radical (unpaired) electrons. The molecule has 1 aliphatic heterocycles. The van der Waals surface area contributed by atoms with E-state index >= 15 is 0 Å². The molecular weight excluding hydrogens is 492 g/mol. The lowest BCUT2D eigenvalue weighted by molar-refractivity contribution is -0.134. The lowest BCUT2D eigenvalue weighted by Gasteiger charge is -2.29. The van der Waals surface area contributed by atoms with Gasteiger partial charge in [-0.05, 0) is 38.5 Å². The summed E-state index contributed by atoms with van der Waals surface area (Å²) < 4.78 is 15.5. The van der Waals surface area contributed by atoms with E-state index in [0.29, 0.717) is 25.2 Å². The molecular formula is C27H42N4O7. The topological polar surface area (TPSA) is 152 Å². The Hall–Kier alpha value is -2.79. The fourth-order valence-electron chi connectivity index (χ4n) is 4.91. The van der Waals surface area contributed by atoms with Gasteiger partial charge in [-0.25, -0.2) is 0 Å². The van der Waals surface area contributed by atoms with E-state index in [4.69, 9.17) is 14.0 Å². The van der Waals surface area contributed by atoms with Crippen LogP contribution in [0.2, 0.25) is 0 Å². The molecule has 2 aliphatic rings. The molecule has 1 saturated heterocycles. The molecule has 1 saturated carbocycles. The maximum atomic E-state index is 13.6. The quantitative estimate of drug-likeness (QED) is 0.307. The highest BCUT2D eigenvalue weighted by Crippen LogP contribution is 2.30. The van der Waals surface area contributed by atoms with E-state index in [1.807, 2.05) is 13.8 Å². The van der Waals surface area contributed by atoms with Crippen molar-refractivity contribution in [3.63, 3.8) is 0 Å². The Kier molecular flexibility index (Phi) is 10.4. The smallest absolute Gasteiger partial charge is 0.274 e. The lowest BCUT2D eigenvalue weighted by atomic mass is 9.84. The highest BCUT2D eigenvalue weighted by atomic mass is 16.6. The van der Waals surface area contributed by atoms with Crippen molar-refractivity contribution in [1.29, 1.82) is 0 Å². The van der Waals surface area contributed by atoms with Gasteiger partial charge in [-0.3, -0.25) is 19.2 Å². The number of aromatic nitrogens is 1. The maximum absolute atomic E-state index is 13.6. The van der Waals surface area contributed by atoms with Gasteiger partial charge >= 0.3 is 0 Å². The third kappa shape index (κ3) is 8.36. The zero-order valence-electron chi connectivity index (χ0n) is 23.1. The minimum atomic E-state index is -1.06. The summed E-state index contributed by atoms with van der Waals surface area (Å²) in [5.41, 5.74) is -0.832. The Morgan fingerprint density at radius 3 is 2.24 bits per heavy atom. The van der Waals surface area contributed by atoms with Gasteiger partial charge in [-0.15, -0.1) is 0 Å². The predicted octanol–water partition coefficient (Wildman–Crippen LogP) is 2.07. The number of hydrogen-bond acceptors (Lipinski definition) is 8. The van der Waals surface area contributed by atoms with Crippen LogP contribution in [0.15, 0.2) is 10.6 Å². The summed E-state index contributed by atoms with van der Waals surface area (Å²) in [4.78, 5) is 52.6. The van der Waals surface area contributed by atoms with Crippen LogP contribution in [0.5, 0.6) is 0 Å². The number of methoxy groups -OCH3 is 1. The van der Waals surface area contributed by atoms with Crippen molar-refractivity contribution < 1.29 is 33.2 Å². The number of hydrogen-bond donors (Lipinski definition) is 3. The van der Waals surface area contributed by atoms with Crippen LogP contribution in [0.25, 0.3) is 0 Å². The largest absolute Gasteiger partial charge is 0.382 e. The number of aryl methyl sites for hydroxylation is 1. The van der Waals surface area contributed by atoms with E-state index in [0.717, 1.165) is 32.1 Å². The number of carbonyl (C=O) groups excluding carboxylic acids is 4. The van der Waals surface area contributed by atoms with E-state index < -0.39 is 41.4 Å². The fourth-order valence-corrected chi connectivity index (χ4v) is 4.91. The van der Waals surface area contributed by atoms with E-state index in [-0.39, 0.29) is 29.9 Å². The highest BCUT2D eigenvalue weighted by Gasteiger charge is 2.50. The van der Waals surface area contributed by atoms with Crippen molar-refractivity contribution in [1.82, 2.24) is 21.1 Å². The van der Waals surface area contributed by atoms with Crippen molar-refractivity contribution in [3.05, 3.63) is 17.5 Å². The van der Waals surface area contributed by atoms with Crippen LogP contribution < -0.4 is 16.0 Å². The van der Waals surface area contributed by atoms with Crippen LogP contribution in [0, 0.1) is 18.8 Å². The van der Waals surface area contributed by atoms with E-state index in [2.05, 4.69) is 21.1 Å². The van der Waals surface area contributed by atoms with Gasteiger partial charge in [0, 0.05) is 13.2 Å². The number of amides is 3. The van der Waals surface area contributed by atoms with Crippen molar-refractivity contribution in [2.75, 3.05) is 20.3 Å². The summed E-state index contributed by atoms with van der Waals surface area (Å²) in [6.45, 7) is 7.59. The average Bonchev–Trinajstić information content (AvgIpc) is 3.48. The second-order valence-corrected chi connectivity index (χ2v) is 11.2. The minimum absolute atomic E-state index is 0.0405. The summed E-state index contributed by atoms with van der Waals surface area (Å²) in [6.07, 6.45) is 6.18. The van der Waals surface area contributed by atoms with E-state index in [1.54, 1.807) is 13.8 Å². The Balaban J connectivity index is 1.74. The maximum Gasteiger partial charge on any atom is 0.274 e. The number of ether oxygens (including phenoxy) is 2. The van der Waals surface area contributed by atoms with Crippen LogP contribution in [0.3, 0.4) is 0 Å². The van der Waals surface area contributed by atoms with Crippen LogP contribution in [0.4, 0.5) is 0 Å². The highest BCUT2D eigenvalue weighted by molar-refractivity contribution is 5.99. The first kappa shape index (κ1) is 29.8. The van der Waals surface area contributed by atoms with Gasteiger partial charge in [-0.1, -0.05) is 51.1 Å². The molecule has 3 rings (SSSR count). The molecule has 4 atom stereocenters.